The molecular weight excluding hydrogens is 396 g/mol. The van der Waals surface area contributed by atoms with Crippen molar-refractivity contribution in [2.45, 2.75) is 50.6 Å². The van der Waals surface area contributed by atoms with Crippen LogP contribution < -0.4 is 10.2 Å². The van der Waals surface area contributed by atoms with E-state index in [0.717, 1.165) is 16.3 Å². The van der Waals surface area contributed by atoms with Crippen LogP contribution >= 0.6 is 0 Å². The second-order valence-electron chi connectivity index (χ2n) is 6.48. The highest BCUT2D eigenvalue weighted by atomic mass is 32.2. The number of fused-ring (bicyclic) bond motifs is 1. The Hall–Kier alpha value is -2.54. The van der Waals surface area contributed by atoms with Gasteiger partial charge < -0.3 is 9.63 Å². The Morgan fingerprint density at radius 3 is 2.64 bits per heavy atom. The monoisotopic (exact) mass is 418 g/mol. The molecule has 2 atom stereocenters. The molecule has 0 radical (unpaired) electrons. The molecule has 0 bridgehead atoms. The van der Waals surface area contributed by atoms with Crippen molar-refractivity contribution >= 4 is 40.0 Å². The minimum atomic E-state index is -3.72. The molecule has 0 aromatic carbocycles. The molecule has 2 N–H and O–H groups in total. The summed E-state index contributed by atoms with van der Waals surface area (Å²) in [5, 5.41) is 2.07. The van der Waals surface area contributed by atoms with Gasteiger partial charge >= 0.3 is 5.97 Å². The summed E-state index contributed by atoms with van der Waals surface area (Å²) < 4.78 is 25.3. The molecule has 0 spiro atoms. The molecule has 12 nitrogen and oxygen atoms in total. The lowest BCUT2D eigenvalue weighted by molar-refractivity contribution is -0.180. The highest BCUT2D eigenvalue weighted by molar-refractivity contribution is 7.88. The number of nitrogens with one attached hydrogen (secondary N) is 2. The Morgan fingerprint density at radius 2 is 2.00 bits per heavy atom. The van der Waals surface area contributed by atoms with Crippen molar-refractivity contribution in [2.24, 2.45) is 0 Å². The molecule has 13 heteroatoms. The number of hydrogen-bond donors (Lipinski definition) is 2. The fraction of sp³-hybridized carbons (Fsp3) is 0.667. The van der Waals surface area contributed by atoms with Crippen molar-refractivity contribution in [3.8, 4) is 0 Å². The van der Waals surface area contributed by atoms with E-state index >= 15 is 0 Å². The topological polar surface area (TPSA) is 159 Å². The van der Waals surface area contributed by atoms with E-state index in [1.807, 2.05) is 5.48 Å². The molecule has 0 aliphatic carbocycles. The maximum absolute atomic E-state index is 12.9. The molecule has 2 unspecified atom stereocenters. The minimum absolute atomic E-state index is 0.0350. The average molecular weight is 418 g/mol. The van der Waals surface area contributed by atoms with Crippen molar-refractivity contribution < 1.29 is 37.2 Å². The summed E-state index contributed by atoms with van der Waals surface area (Å²) >= 11 is 0. The number of hydrogen-bond acceptors (Lipinski definition) is 8. The van der Waals surface area contributed by atoms with Gasteiger partial charge in [0.25, 0.3) is 11.8 Å². The first kappa shape index (κ1) is 21.8. The first-order chi connectivity index (χ1) is 13.1. The van der Waals surface area contributed by atoms with Gasteiger partial charge in [-0.25, -0.2) is 22.9 Å². The van der Waals surface area contributed by atoms with Gasteiger partial charge in [0.05, 0.1) is 12.7 Å². The molecule has 2 aliphatic rings. The summed E-state index contributed by atoms with van der Waals surface area (Å²) in [6.45, 7) is 0.207. The first-order valence-corrected chi connectivity index (χ1v) is 10.6. The summed E-state index contributed by atoms with van der Waals surface area (Å²) in [5.41, 5.74) is 1.94. The van der Waals surface area contributed by atoms with Crippen molar-refractivity contribution in [1.29, 1.82) is 0 Å². The molecule has 28 heavy (non-hydrogen) atoms. The maximum Gasteiger partial charge on any atom is 0.332 e. The Morgan fingerprint density at radius 1 is 1.29 bits per heavy atom. The summed E-state index contributed by atoms with van der Waals surface area (Å²) in [5.74, 6) is -2.80. The molecule has 0 aromatic heterocycles. The molecule has 2 rings (SSSR count). The second-order valence-corrected chi connectivity index (χ2v) is 8.26. The van der Waals surface area contributed by atoms with E-state index in [-0.39, 0.29) is 38.6 Å². The third-order valence-corrected chi connectivity index (χ3v) is 4.96. The van der Waals surface area contributed by atoms with Gasteiger partial charge in [0, 0.05) is 19.4 Å². The normalized spacial score (nSPS) is 22.9. The van der Waals surface area contributed by atoms with Gasteiger partial charge in [0.1, 0.15) is 18.4 Å². The van der Waals surface area contributed by atoms with E-state index in [1.54, 1.807) is 0 Å². The fourth-order valence-electron chi connectivity index (χ4n) is 3.04. The van der Waals surface area contributed by atoms with Gasteiger partial charge in [-0.05, 0) is 19.3 Å². The summed E-state index contributed by atoms with van der Waals surface area (Å²) in [6, 6.07) is -2.33. The van der Waals surface area contributed by atoms with E-state index in [1.165, 1.54) is 0 Å². The van der Waals surface area contributed by atoms with Crippen molar-refractivity contribution in [3.63, 3.8) is 0 Å². The second kappa shape index (κ2) is 9.10. The van der Waals surface area contributed by atoms with Crippen LogP contribution in [0.4, 0.5) is 0 Å². The maximum atomic E-state index is 12.9. The number of hydroxylamine groups is 1. The zero-order valence-corrected chi connectivity index (χ0v) is 16.1. The smallest absolute Gasteiger partial charge is 0.332 e. The lowest BCUT2D eigenvalue weighted by atomic mass is 10.1. The predicted molar refractivity (Wildman–Crippen MR) is 92.1 cm³/mol. The van der Waals surface area contributed by atoms with Crippen LogP contribution in [0.5, 0.6) is 0 Å². The molecule has 0 saturated carbocycles. The van der Waals surface area contributed by atoms with Crippen LogP contribution in [0.2, 0.25) is 0 Å². The number of carbonyl (C=O) groups is 5. The van der Waals surface area contributed by atoms with E-state index < -0.39 is 45.8 Å². The largest absolute Gasteiger partial charge is 0.341 e. The summed E-state index contributed by atoms with van der Waals surface area (Å²) in [7, 11) is -3.72. The van der Waals surface area contributed by atoms with Gasteiger partial charge in [0.15, 0.2) is 0 Å². The lowest BCUT2D eigenvalue weighted by Gasteiger charge is -2.42. The van der Waals surface area contributed by atoms with Gasteiger partial charge in [-0.1, -0.05) is 0 Å². The van der Waals surface area contributed by atoms with Crippen molar-refractivity contribution in [3.05, 3.63) is 0 Å². The molecule has 0 aromatic rings. The van der Waals surface area contributed by atoms with Gasteiger partial charge in [-0.15, -0.1) is 0 Å². The van der Waals surface area contributed by atoms with Crippen LogP contribution in [0.3, 0.4) is 0 Å². The SMILES string of the molecule is CS(=O)(=O)NC1CCC(=O)N2CCCC(C(=O)NOC(=O)CCC=O)N2C1=O. The molecular formula is C15H22N4O8S. The number of nitrogens with zero attached hydrogens (tertiary/aromatic N) is 2. The molecule has 3 amide bonds. The number of carbonyl (C=O) groups excluding carboxylic acids is 5. The summed E-state index contributed by atoms with van der Waals surface area (Å²) in [6.07, 6.45) is 1.65. The number of hydrazine groups is 1. The van der Waals surface area contributed by atoms with Crippen molar-refractivity contribution in [2.75, 3.05) is 12.8 Å². The van der Waals surface area contributed by atoms with Crippen LogP contribution in [0, 0.1) is 0 Å². The van der Waals surface area contributed by atoms with E-state index in [4.69, 9.17) is 0 Å². The predicted octanol–water partition coefficient (Wildman–Crippen LogP) is -2.01. The third-order valence-electron chi connectivity index (χ3n) is 4.25. The molecule has 2 aliphatic heterocycles. The van der Waals surface area contributed by atoms with Crippen LogP contribution in [0.1, 0.15) is 38.5 Å². The molecule has 2 fully saturated rings. The summed E-state index contributed by atoms with van der Waals surface area (Å²) in [4.78, 5) is 64.0. The first-order valence-electron chi connectivity index (χ1n) is 8.68. The molecule has 2 heterocycles. The standard InChI is InChI=1S/C15H22N4O8S/c1-28(25,26)17-10-6-7-12(21)18-8-2-4-11(19(18)15(10)24)14(23)16-27-13(22)5-3-9-20/h9-11,17H,2-8H2,1H3,(H,16,23). The zero-order chi connectivity index (χ0) is 20.9. The Kier molecular flexibility index (Phi) is 7.07. The Bertz CT molecular complexity index is 768. The molecule has 156 valence electrons. The number of sulfonamides is 1. The van der Waals surface area contributed by atoms with Crippen molar-refractivity contribution in [1.82, 2.24) is 20.2 Å². The van der Waals surface area contributed by atoms with E-state index in [0.29, 0.717) is 12.7 Å². The Balaban J connectivity index is 2.16. The highest BCUT2D eigenvalue weighted by Crippen LogP contribution is 2.25. The van der Waals surface area contributed by atoms with Gasteiger partial charge in [-0.2, -0.15) is 5.48 Å². The van der Waals surface area contributed by atoms with Crippen LogP contribution in [0.25, 0.3) is 0 Å². The number of rotatable bonds is 6. The van der Waals surface area contributed by atoms with Gasteiger partial charge in [-0.3, -0.25) is 19.4 Å². The minimum Gasteiger partial charge on any atom is -0.341 e. The fourth-order valence-corrected chi connectivity index (χ4v) is 3.78. The molecule has 2 saturated heterocycles. The zero-order valence-electron chi connectivity index (χ0n) is 15.3. The van der Waals surface area contributed by atoms with Gasteiger partial charge in [0.2, 0.25) is 15.9 Å². The Labute approximate surface area is 161 Å². The van der Waals surface area contributed by atoms with E-state index in [9.17, 15) is 32.4 Å². The van der Waals surface area contributed by atoms with Crippen LogP contribution in [0.15, 0.2) is 0 Å². The number of amides is 3. The quantitative estimate of drug-likeness (QED) is 0.369. The highest BCUT2D eigenvalue weighted by Gasteiger charge is 2.45. The third kappa shape index (κ3) is 5.48. The van der Waals surface area contributed by atoms with Crippen LogP contribution in [-0.4, -0.2) is 73.3 Å². The lowest BCUT2D eigenvalue weighted by Crippen LogP contribution is -2.63. The number of aldehydes is 1. The van der Waals surface area contributed by atoms with E-state index in [2.05, 4.69) is 9.56 Å². The van der Waals surface area contributed by atoms with Crippen LogP contribution in [-0.2, 0) is 38.8 Å². The average Bonchev–Trinajstić information content (AvgIpc) is 2.75.